The Labute approximate surface area is 127 Å². The third kappa shape index (κ3) is 5.38. The van der Waals surface area contributed by atoms with Crippen LogP contribution in [-0.4, -0.2) is 25.6 Å². The molecule has 0 spiro atoms. The molecule has 2 rings (SSSR count). The molecule has 0 atom stereocenters. The fourth-order valence-corrected chi connectivity index (χ4v) is 2.50. The summed E-state index contributed by atoms with van der Waals surface area (Å²) in [4.78, 5) is 12.1. The lowest BCUT2D eigenvalue weighted by Gasteiger charge is -2.21. The van der Waals surface area contributed by atoms with Crippen LogP contribution in [0, 0.1) is 5.92 Å². The maximum atomic E-state index is 12.1. The van der Waals surface area contributed by atoms with E-state index in [1.165, 1.54) is 0 Å². The molecule has 116 valence electrons. The van der Waals surface area contributed by atoms with E-state index in [1.807, 2.05) is 24.3 Å². The Morgan fingerprint density at radius 1 is 1.38 bits per heavy atom. The van der Waals surface area contributed by atoms with Crippen LogP contribution >= 0.6 is 0 Å². The molecule has 1 aromatic rings. The molecule has 2 N–H and O–H groups in total. The number of piperidine rings is 1. The minimum absolute atomic E-state index is 0.162. The van der Waals surface area contributed by atoms with Gasteiger partial charge in [-0.2, -0.15) is 0 Å². The quantitative estimate of drug-likeness (QED) is 0.759. The van der Waals surface area contributed by atoms with E-state index in [-0.39, 0.29) is 11.8 Å². The molecule has 1 heterocycles. The van der Waals surface area contributed by atoms with Crippen LogP contribution in [0.4, 0.5) is 0 Å². The van der Waals surface area contributed by atoms with E-state index in [2.05, 4.69) is 17.6 Å². The Morgan fingerprint density at radius 3 is 2.95 bits per heavy atom. The number of carbonyl (C=O) groups excluding carboxylic acids is 1. The zero-order valence-corrected chi connectivity index (χ0v) is 12.9. The largest absolute Gasteiger partial charge is 0.494 e. The molecule has 4 nitrogen and oxygen atoms in total. The van der Waals surface area contributed by atoms with Gasteiger partial charge in [-0.05, 0) is 50.0 Å². The summed E-state index contributed by atoms with van der Waals surface area (Å²) in [5.74, 6) is 1.22. The second-order valence-corrected chi connectivity index (χ2v) is 5.59. The predicted octanol–water partition coefficient (Wildman–Crippen LogP) is 2.48. The number of amides is 1. The van der Waals surface area contributed by atoms with Crippen molar-refractivity contribution in [3.05, 3.63) is 29.8 Å². The summed E-state index contributed by atoms with van der Waals surface area (Å²) in [6, 6.07) is 7.98. The molecule has 0 aromatic heterocycles. The van der Waals surface area contributed by atoms with Crippen LogP contribution in [0.3, 0.4) is 0 Å². The summed E-state index contributed by atoms with van der Waals surface area (Å²) in [5, 5.41) is 6.32. The van der Waals surface area contributed by atoms with Gasteiger partial charge in [-0.3, -0.25) is 4.79 Å². The molecule has 0 aliphatic carbocycles. The molecule has 0 unspecified atom stereocenters. The van der Waals surface area contributed by atoms with Crippen LogP contribution in [-0.2, 0) is 11.3 Å². The lowest BCUT2D eigenvalue weighted by atomic mass is 9.97. The number of nitrogens with one attached hydrogen (secondary N) is 2. The van der Waals surface area contributed by atoms with Gasteiger partial charge < -0.3 is 15.4 Å². The summed E-state index contributed by atoms with van der Waals surface area (Å²) >= 11 is 0. The number of hydrogen-bond donors (Lipinski definition) is 2. The molecule has 0 saturated carbocycles. The Balaban J connectivity index is 1.79. The van der Waals surface area contributed by atoms with E-state index in [1.54, 1.807) is 0 Å². The molecule has 1 amide bonds. The number of carbonyl (C=O) groups is 1. The lowest BCUT2D eigenvalue weighted by Crippen LogP contribution is -2.37. The Hall–Kier alpha value is -1.55. The van der Waals surface area contributed by atoms with E-state index < -0.39 is 0 Å². The molecule has 21 heavy (non-hydrogen) atoms. The minimum Gasteiger partial charge on any atom is -0.494 e. The summed E-state index contributed by atoms with van der Waals surface area (Å²) < 4.78 is 5.69. The normalized spacial score (nSPS) is 15.7. The van der Waals surface area contributed by atoms with Crippen molar-refractivity contribution in [2.75, 3.05) is 19.7 Å². The lowest BCUT2D eigenvalue weighted by molar-refractivity contribution is -0.125. The van der Waals surface area contributed by atoms with E-state index in [0.29, 0.717) is 6.54 Å². The number of unbranched alkanes of at least 4 members (excludes halogenated alkanes) is 1. The molecule has 0 bridgehead atoms. The summed E-state index contributed by atoms with van der Waals surface area (Å²) in [6.07, 6.45) is 4.07. The van der Waals surface area contributed by atoms with Gasteiger partial charge in [-0.1, -0.05) is 25.5 Å². The molecular formula is C17H26N2O2. The van der Waals surface area contributed by atoms with Gasteiger partial charge in [0.05, 0.1) is 6.61 Å². The van der Waals surface area contributed by atoms with Crippen LogP contribution < -0.4 is 15.4 Å². The third-order valence-electron chi connectivity index (χ3n) is 3.84. The first-order chi connectivity index (χ1) is 10.3. The van der Waals surface area contributed by atoms with Crippen LogP contribution in [0.2, 0.25) is 0 Å². The Kier molecular flexibility index (Phi) is 6.54. The van der Waals surface area contributed by atoms with Crippen LogP contribution in [0.25, 0.3) is 0 Å². The third-order valence-corrected chi connectivity index (χ3v) is 3.84. The van der Waals surface area contributed by atoms with Crippen molar-refractivity contribution in [1.82, 2.24) is 10.6 Å². The molecule has 1 aromatic carbocycles. The Morgan fingerprint density at radius 2 is 2.19 bits per heavy atom. The second-order valence-electron chi connectivity index (χ2n) is 5.59. The topological polar surface area (TPSA) is 50.4 Å². The zero-order chi connectivity index (χ0) is 14.9. The highest BCUT2D eigenvalue weighted by Crippen LogP contribution is 2.15. The maximum Gasteiger partial charge on any atom is 0.223 e. The first-order valence-electron chi connectivity index (χ1n) is 7.99. The van der Waals surface area contributed by atoms with Crippen molar-refractivity contribution >= 4 is 5.91 Å². The number of hydrogen-bond acceptors (Lipinski definition) is 3. The van der Waals surface area contributed by atoms with Gasteiger partial charge in [-0.15, -0.1) is 0 Å². The number of ether oxygens (including phenoxy) is 1. The molecular weight excluding hydrogens is 264 g/mol. The van der Waals surface area contributed by atoms with Crippen molar-refractivity contribution in [2.24, 2.45) is 5.92 Å². The minimum atomic E-state index is 0.162. The van der Waals surface area contributed by atoms with Gasteiger partial charge in [0.1, 0.15) is 5.75 Å². The first kappa shape index (κ1) is 15.8. The summed E-state index contributed by atoms with van der Waals surface area (Å²) in [6.45, 7) is 5.36. The molecule has 1 aliphatic rings. The van der Waals surface area contributed by atoms with Crippen molar-refractivity contribution in [2.45, 2.75) is 39.2 Å². The van der Waals surface area contributed by atoms with Gasteiger partial charge in [0.25, 0.3) is 0 Å². The van der Waals surface area contributed by atoms with Crippen molar-refractivity contribution in [1.29, 1.82) is 0 Å². The zero-order valence-electron chi connectivity index (χ0n) is 12.9. The smallest absolute Gasteiger partial charge is 0.223 e. The highest BCUT2D eigenvalue weighted by Gasteiger charge is 2.20. The highest BCUT2D eigenvalue weighted by molar-refractivity contribution is 5.78. The monoisotopic (exact) mass is 290 g/mol. The van der Waals surface area contributed by atoms with Crippen molar-refractivity contribution in [3.8, 4) is 5.75 Å². The summed E-state index contributed by atoms with van der Waals surface area (Å²) in [5.41, 5.74) is 1.09. The number of benzene rings is 1. The molecule has 4 heteroatoms. The van der Waals surface area contributed by atoms with Gasteiger partial charge in [0.2, 0.25) is 5.91 Å². The second kappa shape index (κ2) is 8.67. The van der Waals surface area contributed by atoms with E-state index >= 15 is 0 Å². The van der Waals surface area contributed by atoms with E-state index in [9.17, 15) is 4.79 Å². The first-order valence-corrected chi connectivity index (χ1v) is 7.99. The average Bonchev–Trinajstić information content (AvgIpc) is 2.54. The fraction of sp³-hybridized carbons (Fsp3) is 0.588. The predicted molar refractivity (Wildman–Crippen MR) is 84.3 cm³/mol. The highest BCUT2D eigenvalue weighted by atomic mass is 16.5. The van der Waals surface area contributed by atoms with Gasteiger partial charge in [-0.25, -0.2) is 0 Å². The van der Waals surface area contributed by atoms with Gasteiger partial charge in [0, 0.05) is 12.5 Å². The summed E-state index contributed by atoms with van der Waals surface area (Å²) in [7, 11) is 0. The van der Waals surface area contributed by atoms with E-state index in [0.717, 1.165) is 56.7 Å². The van der Waals surface area contributed by atoms with Gasteiger partial charge in [0.15, 0.2) is 0 Å². The van der Waals surface area contributed by atoms with Crippen LogP contribution in [0.5, 0.6) is 5.75 Å². The molecule has 1 saturated heterocycles. The SMILES string of the molecule is CCCCOc1cccc(CNC(=O)C2CCNCC2)c1. The molecule has 0 radical (unpaired) electrons. The van der Waals surface area contributed by atoms with Crippen molar-refractivity contribution in [3.63, 3.8) is 0 Å². The van der Waals surface area contributed by atoms with Crippen molar-refractivity contribution < 1.29 is 9.53 Å². The van der Waals surface area contributed by atoms with Gasteiger partial charge >= 0.3 is 0 Å². The Bertz CT molecular complexity index is 442. The maximum absolute atomic E-state index is 12.1. The fourth-order valence-electron chi connectivity index (χ4n) is 2.50. The molecule has 1 fully saturated rings. The average molecular weight is 290 g/mol. The van der Waals surface area contributed by atoms with Crippen LogP contribution in [0.15, 0.2) is 24.3 Å². The number of rotatable bonds is 7. The standard InChI is InChI=1S/C17H26N2O2/c1-2-3-11-21-16-6-4-5-14(12-16)13-19-17(20)15-7-9-18-10-8-15/h4-6,12,15,18H,2-3,7-11,13H2,1H3,(H,19,20). The van der Waals surface area contributed by atoms with Crippen LogP contribution in [0.1, 0.15) is 38.2 Å². The molecule has 1 aliphatic heterocycles. The van der Waals surface area contributed by atoms with E-state index in [4.69, 9.17) is 4.74 Å².